The third-order valence-electron chi connectivity index (χ3n) is 3.95. The van der Waals surface area contributed by atoms with Crippen LogP contribution in [-0.2, 0) is 16.4 Å². The second kappa shape index (κ2) is 6.76. The number of benzene rings is 2. The Labute approximate surface area is 146 Å². The fraction of sp³-hybridized carbons (Fsp3) is 0.278. The van der Waals surface area contributed by atoms with Crippen LogP contribution in [-0.4, -0.2) is 26.4 Å². The molecule has 1 heterocycles. The molecule has 1 N–H and O–H groups in total. The summed E-state index contributed by atoms with van der Waals surface area (Å²) in [6, 6.07) is 11.6. The summed E-state index contributed by atoms with van der Waals surface area (Å²) in [7, 11) is -3.54. The largest absolute Gasteiger partial charge is 0.454 e. The van der Waals surface area contributed by atoms with Gasteiger partial charge in [-0.15, -0.1) is 0 Å². The fourth-order valence-electron chi connectivity index (χ4n) is 2.48. The number of fused-ring (bicyclic) bond motifs is 1. The minimum Gasteiger partial charge on any atom is -0.454 e. The van der Waals surface area contributed by atoms with Gasteiger partial charge in [0.05, 0.1) is 15.7 Å². The third-order valence-corrected chi connectivity index (χ3v) is 6.16. The molecule has 0 unspecified atom stereocenters. The molecule has 0 saturated heterocycles. The second-order valence-electron chi connectivity index (χ2n) is 5.96. The Hall–Kier alpha value is -2.54. The molecule has 132 valence electrons. The number of sulfone groups is 1. The maximum atomic E-state index is 12.5. The highest BCUT2D eigenvalue weighted by Gasteiger charge is 2.25. The summed E-state index contributed by atoms with van der Waals surface area (Å²) in [6.07, 6.45) is 0. The second-order valence-corrected chi connectivity index (χ2v) is 8.43. The van der Waals surface area contributed by atoms with E-state index in [2.05, 4.69) is 5.32 Å². The Balaban J connectivity index is 1.78. The van der Waals surface area contributed by atoms with Crippen molar-refractivity contribution in [3.05, 3.63) is 53.6 Å². The van der Waals surface area contributed by atoms with E-state index >= 15 is 0 Å². The van der Waals surface area contributed by atoms with Gasteiger partial charge in [-0.25, -0.2) is 8.42 Å². The fourth-order valence-corrected chi connectivity index (χ4v) is 3.73. The summed E-state index contributed by atoms with van der Waals surface area (Å²) < 4.78 is 35.5. The first kappa shape index (κ1) is 17.3. The van der Waals surface area contributed by atoms with E-state index in [9.17, 15) is 13.2 Å². The molecule has 1 aliphatic rings. The molecule has 0 atom stereocenters. The number of carbonyl (C=O) groups is 1. The minimum atomic E-state index is -3.54. The molecule has 0 saturated carbocycles. The summed E-state index contributed by atoms with van der Waals surface area (Å²) in [5, 5.41) is 2.16. The van der Waals surface area contributed by atoms with Crippen molar-refractivity contribution in [2.75, 3.05) is 6.79 Å². The normalized spacial score (nSPS) is 13.1. The van der Waals surface area contributed by atoms with E-state index in [1.807, 2.05) is 6.07 Å². The van der Waals surface area contributed by atoms with Crippen molar-refractivity contribution in [1.82, 2.24) is 5.32 Å². The van der Waals surface area contributed by atoms with Crippen LogP contribution in [0.25, 0.3) is 0 Å². The lowest BCUT2D eigenvalue weighted by Crippen LogP contribution is -2.26. The number of amides is 1. The van der Waals surface area contributed by atoms with Crippen molar-refractivity contribution in [3.8, 4) is 11.5 Å². The Morgan fingerprint density at radius 1 is 1.12 bits per heavy atom. The number of hydrogen-bond donors (Lipinski definition) is 1. The van der Waals surface area contributed by atoms with Crippen LogP contribution in [0.2, 0.25) is 0 Å². The molecule has 0 fully saturated rings. The van der Waals surface area contributed by atoms with Gasteiger partial charge in [0.15, 0.2) is 21.3 Å². The molecule has 0 aliphatic carbocycles. The average Bonchev–Trinajstić information content (AvgIpc) is 3.07. The van der Waals surface area contributed by atoms with Crippen molar-refractivity contribution < 1.29 is 22.7 Å². The van der Waals surface area contributed by atoms with Gasteiger partial charge in [0.25, 0.3) is 5.91 Å². The lowest BCUT2D eigenvalue weighted by molar-refractivity contribution is 0.0947. The molecular weight excluding hydrogens is 342 g/mol. The van der Waals surface area contributed by atoms with E-state index in [-0.39, 0.29) is 23.8 Å². The summed E-state index contributed by atoms with van der Waals surface area (Å²) in [4.78, 5) is 12.6. The zero-order chi connectivity index (χ0) is 18.0. The molecule has 2 aromatic carbocycles. The molecule has 25 heavy (non-hydrogen) atoms. The highest BCUT2D eigenvalue weighted by molar-refractivity contribution is 7.92. The van der Waals surface area contributed by atoms with Gasteiger partial charge in [-0.05, 0) is 43.7 Å². The molecule has 0 spiro atoms. The maximum Gasteiger partial charge on any atom is 0.252 e. The molecule has 0 aromatic heterocycles. The zero-order valence-electron chi connectivity index (χ0n) is 14.0. The zero-order valence-corrected chi connectivity index (χ0v) is 14.8. The molecule has 2 aromatic rings. The van der Waals surface area contributed by atoms with Crippen molar-refractivity contribution in [3.63, 3.8) is 0 Å². The molecule has 1 amide bonds. The molecule has 7 heteroatoms. The number of nitrogens with one attached hydrogen (secondary N) is 1. The SMILES string of the molecule is CC(C)S(=O)(=O)c1ccccc1C(=O)NCc1ccc2c(c1)OCO2. The van der Waals surface area contributed by atoms with Gasteiger partial charge in [-0.3, -0.25) is 4.79 Å². The van der Waals surface area contributed by atoms with Crippen LogP contribution in [0.5, 0.6) is 11.5 Å². The van der Waals surface area contributed by atoms with E-state index in [1.165, 1.54) is 12.1 Å². The first-order valence-electron chi connectivity index (χ1n) is 7.89. The Bertz CT molecular complexity index is 905. The van der Waals surface area contributed by atoms with Gasteiger partial charge in [0.1, 0.15) is 0 Å². The van der Waals surface area contributed by atoms with E-state index in [1.54, 1.807) is 38.1 Å². The van der Waals surface area contributed by atoms with E-state index in [0.29, 0.717) is 11.5 Å². The predicted octanol–water partition coefficient (Wildman–Crippen LogP) is 2.53. The van der Waals surface area contributed by atoms with Crippen molar-refractivity contribution >= 4 is 15.7 Å². The molecular formula is C18H19NO5S. The molecule has 3 rings (SSSR count). The standard InChI is InChI=1S/C18H19NO5S/c1-12(2)25(21,22)17-6-4-3-5-14(17)18(20)19-10-13-7-8-15-16(9-13)24-11-23-15/h3-9,12H,10-11H2,1-2H3,(H,19,20). The average molecular weight is 361 g/mol. The molecule has 0 radical (unpaired) electrons. The van der Waals surface area contributed by atoms with Crippen LogP contribution < -0.4 is 14.8 Å². The maximum absolute atomic E-state index is 12.5. The van der Waals surface area contributed by atoms with Crippen LogP contribution >= 0.6 is 0 Å². The van der Waals surface area contributed by atoms with Gasteiger partial charge in [-0.1, -0.05) is 18.2 Å². The Morgan fingerprint density at radius 2 is 1.84 bits per heavy atom. The lowest BCUT2D eigenvalue weighted by Gasteiger charge is -2.13. The first-order valence-corrected chi connectivity index (χ1v) is 9.44. The number of hydrogen-bond acceptors (Lipinski definition) is 5. The Morgan fingerprint density at radius 3 is 2.60 bits per heavy atom. The Kier molecular flexibility index (Phi) is 4.67. The van der Waals surface area contributed by atoms with Crippen LogP contribution in [0, 0.1) is 0 Å². The van der Waals surface area contributed by atoms with Crippen molar-refractivity contribution in [1.29, 1.82) is 0 Å². The molecule has 6 nitrogen and oxygen atoms in total. The van der Waals surface area contributed by atoms with Gasteiger partial charge >= 0.3 is 0 Å². The topological polar surface area (TPSA) is 81.7 Å². The highest BCUT2D eigenvalue weighted by atomic mass is 32.2. The van der Waals surface area contributed by atoms with Crippen LogP contribution in [0.15, 0.2) is 47.4 Å². The van der Waals surface area contributed by atoms with Crippen molar-refractivity contribution in [2.45, 2.75) is 30.5 Å². The molecule has 0 bridgehead atoms. The smallest absolute Gasteiger partial charge is 0.252 e. The number of carbonyl (C=O) groups excluding carboxylic acids is 1. The highest BCUT2D eigenvalue weighted by Crippen LogP contribution is 2.32. The van der Waals surface area contributed by atoms with E-state index < -0.39 is 21.0 Å². The van der Waals surface area contributed by atoms with E-state index in [0.717, 1.165) is 5.56 Å². The monoisotopic (exact) mass is 361 g/mol. The van der Waals surface area contributed by atoms with Crippen LogP contribution in [0.4, 0.5) is 0 Å². The number of rotatable bonds is 5. The summed E-state index contributed by atoms with van der Waals surface area (Å²) in [5.74, 6) is 0.871. The lowest BCUT2D eigenvalue weighted by atomic mass is 10.1. The molecule has 1 aliphatic heterocycles. The number of ether oxygens (including phenoxy) is 2. The van der Waals surface area contributed by atoms with Gasteiger partial charge in [0.2, 0.25) is 6.79 Å². The van der Waals surface area contributed by atoms with Gasteiger partial charge < -0.3 is 14.8 Å². The first-order chi connectivity index (χ1) is 11.9. The summed E-state index contributed by atoms with van der Waals surface area (Å²) in [6.45, 7) is 3.63. The third kappa shape index (κ3) is 3.46. The van der Waals surface area contributed by atoms with Gasteiger partial charge in [0, 0.05) is 6.54 Å². The van der Waals surface area contributed by atoms with Gasteiger partial charge in [-0.2, -0.15) is 0 Å². The van der Waals surface area contributed by atoms with Crippen LogP contribution in [0.1, 0.15) is 29.8 Å². The van der Waals surface area contributed by atoms with E-state index in [4.69, 9.17) is 9.47 Å². The summed E-state index contributed by atoms with van der Waals surface area (Å²) >= 11 is 0. The van der Waals surface area contributed by atoms with Crippen LogP contribution in [0.3, 0.4) is 0 Å². The predicted molar refractivity (Wildman–Crippen MR) is 92.5 cm³/mol. The summed E-state index contributed by atoms with van der Waals surface area (Å²) in [5.41, 5.74) is 0.985. The van der Waals surface area contributed by atoms with Crippen molar-refractivity contribution in [2.24, 2.45) is 0 Å². The minimum absolute atomic E-state index is 0.0492. The quantitative estimate of drug-likeness (QED) is 0.885.